The summed E-state index contributed by atoms with van der Waals surface area (Å²) in [6, 6.07) is 6.77. The Kier molecular flexibility index (Phi) is 11.0. The van der Waals surface area contributed by atoms with Crippen molar-refractivity contribution in [3.05, 3.63) is 70.8 Å². The van der Waals surface area contributed by atoms with Gasteiger partial charge < -0.3 is 36.5 Å². The zero-order valence-electron chi connectivity index (χ0n) is 21.3. The number of anilines is 3. The first kappa shape index (κ1) is 31.6. The third-order valence-electron chi connectivity index (χ3n) is 5.86. The third-order valence-corrected chi connectivity index (χ3v) is 6.09. The van der Waals surface area contributed by atoms with Crippen molar-refractivity contribution < 1.29 is 35.2 Å². The van der Waals surface area contributed by atoms with Crippen molar-refractivity contribution in [2.75, 3.05) is 41.7 Å². The zero-order chi connectivity index (χ0) is 27.2. The van der Waals surface area contributed by atoms with E-state index in [1.807, 2.05) is 4.90 Å². The number of carbonyl (C=O) groups excluding carboxylic acids is 3. The average molecular weight is 574 g/mol. The number of amides is 3. The third kappa shape index (κ3) is 7.69. The molecule has 1 fully saturated rings. The molecule has 0 aliphatic carbocycles. The van der Waals surface area contributed by atoms with Crippen LogP contribution >= 0.6 is 11.6 Å². The van der Waals surface area contributed by atoms with Crippen molar-refractivity contribution in [3.8, 4) is 0 Å². The van der Waals surface area contributed by atoms with E-state index in [1.165, 1.54) is 42.9 Å². The molecule has 40 heavy (non-hydrogen) atoms. The van der Waals surface area contributed by atoms with Gasteiger partial charge in [-0.3, -0.25) is 14.4 Å². The molecule has 0 spiro atoms. The van der Waals surface area contributed by atoms with Crippen molar-refractivity contribution >= 4 is 52.6 Å². The Balaban J connectivity index is 0.00000280. The molecule has 7 N–H and O–H groups in total. The van der Waals surface area contributed by atoms with Crippen molar-refractivity contribution in [2.45, 2.75) is 13.3 Å². The molecule has 0 radical (unpaired) electrons. The van der Waals surface area contributed by atoms with Crippen LogP contribution in [0, 0.1) is 0 Å². The fraction of sp³-hybridized carbons (Fsp3) is 0.240. The Labute approximate surface area is 233 Å². The summed E-state index contributed by atoms with van der Waals surface area (Å²) in [5, 5.41) is 14.9. The Morgan fingerprint density at radius 3 is 2.27 bits per heavy atom. The highest BCUT2D eigenvalue weighted by molar-refractivity contribution is 6.30. The fourth-order valence-corrected chi connectivity index (χ4v) is 3.97. The minimum atomic E-state index is -1.23. The number of hydrogen-bond acceptors (Lipinski definition) is 8. The quantitative estimate of drug-likeness (QED) is 0.384. The molecule has 3 heterocycles. The van der Waals surface area contributed by atoms with E-state index in [2.05, 4.69) is 25.6 Å². The van der Waals surface area contributed by atoms with Crippen LogP contribution in [0.5, 0.6) is 0 Å². The highest BCUT2D eigenvalue weighted by atomic mass is 35.5. The SMILES string of the molecule is CC(=O)N1CCCN(c2cnc(C(=O)Nc3ccc(C(=O)O)cc3C(=O)Nc3ccc(Cl)cn3)cn2)CC1.O.O. The number of carbonyl (C=O) groups is 4. The van der Waals surface area contributed by atoms with Crippen LogP contribution in [0.3, 0.4) is 0 Å². The zero-order valence-corrected chi connectivity index (χ0v) is 22.1. The van der Waals surface area contributed by atoms with E-state index in [1.54, 1.807) is 11.8 Å². The van der Waals surface area contributed by atoms with Gasteiger partial charge in [-0.05, 0) is 36.8 Å². The first-order valence-electron chi connectivity index (χ1n) is 11.7. The predicted molar refractivity (Wildman–Crippen MR) is 147 cm³/mol. The maximum absolute atomic E-state index is 12.9. The van der Waals surface area contributed by atoms with E-state index in [-0.39, 0.29) is 45.2 Å². The van der Waals surface area contributed by atoms with Gasteiger partial charge in [0.25, 0.3) is 11.8 Å². The molecule has 0 atom stereocenters. The largest absolute Gasteiger partial charge is 0.478 e. The maximum atomic E-state index is 12.9. The monoisotopic (exact) mass is 573 g/mol. The fourth-order valence-electron chi connectivity index (χ4n) is 3.86. The lowest BCUT2D eigenvalue weighted by atomic mass is 10.1. The second-order valence-electron chi connectivity index (χ2n) is 8.44. The number of halogens is 1. The molecule has 4 rings (SSSR count). The van der Waals surface area contributed by atoms with Crippen molar-refractivity contribution in [2.24, 2.45) is 0 Å². The first-order valence-corrected chi connectivity index (χ1v) is 12.0. The molecule has 1 aliphatic rings. The summed E-state index contributed by atoms with van der Waals surface area (Å²) in [6.07, 6.45) is 4.93. The predicted octanol–water partition coefficient (Wildman–Crippen LogP) is 1.14. The van der Waals surface area contributed by atoms with Gasteiger partial charge in [0.05, 0.1) is 34.2 Å². The van der Waals surface area contributed by atoms with Crippen LogP contribution in [0.1, 0.15) is 44.5 Å². The Morgan fingerprint density at radius 1 is 0.875 bits per heavy atom. The molecular formula is C25H28ClN7O7. The summed E-state index contributed by atoms with van der Waals surface area (Å²) in [5.41, 5.74) is -0.141. The number of aromatic nitrogens is 3. The van der Waals surface area contributed by atoms with Crippen LogP contribution < -0.4 is 15.5 Å². The van der Waals surface area contributed by atoms with Crippen molar-refractivity contribution in [1.82, 2.24) is 19.9 Å². The molecule has 14 nitrogen and oxygen atoms in total. The Hall–Kier alpha value is -4.66. The molecule has 15 heteroatoms. The number of rotatable bonds is 6. The van der Waals surface area contributed by atoms with Gasteiger partial charge in [0.2, 0.25) is 5.91 Å². The smallest absolute Gasteiger partial charge is 0.335 e. The first-order chi connectivity index (χ1) is 18.2. The number of hydrogen-bond donors (Lipinski definition) is 3. The van der Waals surface area contributed by atoms with Crippen molar-refractivity contribution in [1.29, 1.82) is 0 Å². The minimum Gasteiger partial charge on any atom is -0.478 e. The number of aromatic carboxylic acids is 1. The van der Waals surface area contributed by atoms with Crippen LogP contribution in [-0.2, 0) is 4.79 Å². The summed E-state index contributed by atoms with van der Waals surface area (Å²) >= 11 is 5.82. The molecule has 3 amide bonds. The van der Waals surface area contributed by atoms with E-state index in [4.69, 9.17) is 11.6 Å². The van der Waals surface area contributed by atoms with Crippen LogP contribution in [0.4, 0.5) is 17.3 Å². The lowest BCUT2D eigenvalue weighted by Gasteiger charge is -2.22. The molecule has 1 aliphatic heterocycles. The van der Waals surface area contributed by atoms with Gasteiger partial charge in [-0.25, -0.2) is 19.7 Å². The van der Waals surface area contributed by atoms with E-state index in [9.17, 15) is 24.3 Å². The van der Waals surface area contributed by atoms with Gasteiger partial charge in [0, 0.05) is 39.3 Å². The van der Waals surface area contributed by atoms with E-state index >= 15 is 0 Å². The summed E-state index contributed by atoms with van der Waals surface area (Å²) in [7, 11) is 0. The average Bonchev–Trinajstić information content (AvgIpc) is 3.17. The van der Waals surface area contributed by atoms with Gasteiger partial charge in [0.15, 0.2) is 0 Å². The molecule has 1 aromatic carbocycles. The lowest BCUT2D eigenvalue weighted by Crippen LogP contribution is -2.34. The molecule has 0 unspecified atom stereocenters. The standard InChI is InChI=1S/C25H24ClN7O5.2H2O/c1-15(34)32-7-2-8-33(10-9-32)22-14-27-20(13-29-22)24(36)30-19-5-3-16(25(37)38)11-18(19)23(35)31-21-6-4-17(26)12-28-21;;/h3-6,11-14H,2,7-10H2,1H3,(H,30,36)(H,37,38)(H,28,31,35);2*1H2. The second kappa shape index (κ2) is 13.9. The molecule has 0 saturated carbocycles. The summed E-state index contributed by atoms with van der Waals surface area (Å²) < 4.78 is 0. The van der Waals surface area contributed by atoms with E-state index < -0.39 is 17.8 Å². The highest BCUT2D eigenvalue weighted by Crippen LogP contribution is 2.21. The lowest BCUT2D eigenvalue weighted by molar-refractivity contribution is -0.128. The summed E-state index contributed by atoms with van der Waals surface area (Å²) in [4.78, 5) is 65.3. The van der Waals surface area contributed by atoms with E-state index in [0.29, 0.717) is 37.0 Å². The minimum absolute atomic E-state index is 0. The summed E-state index contributed by atoms with van der Waals surface area (Å²) in [6.45, 7) is 4.08. The summed E-state index contributed by atoms with van der Waals surface area (Å²) in [5.74, 6) is -1.75. The number of nitrogens with zero attached hydrogens (tertiary/aromatic N) is 5. The van der Waals surface area contributed by atoms with Gasteiger partial charge in [-0.15, -0.1) is 0 Å². The number of pyridine rings is 1. The van der Waals surface area contributed by atoms with Gasteiger partial charge in [-0.2, -0.15) is 0 Å². The Morgan fingerprint density at radius 2 is 1.65 bits per heavy atom. The van der Waals surface area contributed by atoms with Crippen LogP contribution in [0.25, 0.3) is 0 Å². The van der Waals surface area contributed by atoms with Crippen LogP contribution in [0.2, 0.25) is 5.02 Å². The van der Waals surface area contributed by atoms with E-state index in [0.717, 1.165) is 12.5 Å². The molecule has 2 aromatic heterocycles. The molecular weight excluding hydrogens is 546 g/mol. The number of carboxylic acids is 1. The Bertz CT molecular complexity index is 1370. The molecule has 212 valence electrons. The second-order valence-corrected chi connectivity index (χ2v) is 8.88. The molecule has 0 bridgehead atoms. The van der Waals surface area contributed by atoms with Crippen LogP contribution in [-0.4, -0.2) is 85.8 Å². The molecule has 1 saturated heterocycles. The molecule has 3 aromatic rings. The number of benzene rings is 1. The van der Waals surface area contributed by atoms with Gasteiger partial charge in [0.1, 0.15) is 17.3 Å². The maximum Gasteiger partial charge on any atom is 0.335 e. The van der Waals surface area contributed by atoms with Gasteiger partial charge in [-0.1, -0.05) is 11.6 Å². The normalized spacial score (nSPS) is 12.8. The topological polar surface area (TPSA) is 221 Å². The number of carboxylic acid groups (broad SMARTS) is 1. The number of nitrogens with one attached hydrogen (secondary N) is 2. The van der Waals surface area contributed by atoms with Crippen molar-refractivity contribution in [3.63, 3.8) is 0 Å². The highest BCUT2D eigenvalue weighted by Gasteiger charge is 2.20. The van der Waals surface area contributed by atoms with Crippen LogP contribution in [0.15, 0.2) is 48.9 Å². The van der Waals surface area contributed by atoms with Gasteiger partial charge >= 0.3 is 5.97 Å².